The molecule has 2 aromatic rings. The molecule has 8 heteroatoms. The van der Waals surface area contributed by atoms with E-state index in [9.17, 15) is 0 Å². The molecule has 1 aromatic carbocycles. The van der Waals surface area contributed by atoms with E-state index >= 15 is 0 Å². The summed E-state index contributed by atoms with van der Waals surface area (Å²) in [5.74, 6) is 0.743. The van der Waals surface area contributed by atoms with Gasteiger partial charge >= 0.3 is 0 Å². The molecule has 0 spiro atoms. The van der Waals surface area contributed by atoms with E-state index in [1.807, 2.05) is 0 Å². The van der Waals surface area contributed by atoms with Gasteiger partial charge in [-0.1, -0.05) is 23.2 Å². The fourth-order valence-electron chi connectivity index (χ4n) is 1.79. The van der Waals surface area contributed by atoms with Crippen molar-refractivity contribution in [3.05, 3.63) is 34.6 Å². The zero-order valence-electron chi connectivity index (χ0n) is 11.1. The highest BCUT2D eigenvalue weighted by Gasteiger charge is 2.13. The third-order valence-electron chi connectivity index (χ3n) is 2.75. The van der Waals surface area contributed by atoms with E-state index < -0.39 is 0 Å². The van der Waals surface area contributed by atoms with E-state index in [1.165, 1.54) is 6.33 Å². The van der Waals surface area contributed by atoms with Gasteiger partial charge in [-0.05, 0) is 18.2 Å². The van der Waals surface area contributed by atoms with Crippen LogP contribution in [0.5, 0.6) is 0 Å². The van der Waals surface area contributed by atoms with Gasteiger partial charge in [0.15, 0.2) is 5.82 Å². The zero-order chi connectivity index (χ0) is 15.2. The Morgan fingerprint density at radius 1 is 1.05 bits per heavy atom. The Balaban J connectivity index is 2.38. The summed E-state index contributed by atoms with van der Waals surface area (Å²) in [6.45, 7) is 0.485. The zero-order valence-corrected chi connectivity index (χ0v) is 12.6. The lowest BCUT2D eigenvalue weighted by Gasteiger charge is -2.20. The number of anilines is 1. The SMILES string of the molecule is OCCN(CCO)c1ncnc(-c2cc(Cl)ccc2Cl)n1. The summed E-state index contributed by atoms with van der Waals surface area (Å²) in [6, 6.07) is 5.02. The lowest BCUT2D eigenvalue weighted by atomic mass is 10.2. The summed E-state index contributed by atoms with van der Waals surface area (Å²) in [7, 11) is 0. The van der Waals surface area contributed by atoms with E-state index in [-0.39, 0.29) is 13.2 Å². The van der Waals surface area contributed by atoms with Crippen LogP contribution in [0.15, 0.2) is 24.5 Å². The number of nitrogens with zero attached hydrogens (tertiary/aromatic N) is 4. The Kier molecular flexibility index (Phi) is 5.69. The van der Waals surface area contributed by atoms with Crippen molar-refractivity contribution in [2.75, 3.05) is 31.2 Å². The highest BCUT2D eigenvalue weighted by molar-refractivity contribution is 6.35. The highest BCUT2D eigenvalue weighted by atomic mass is 35.5. The average Bonchev–Trinajstić information content (AvgIpc) is 2.49. The van der Waals surface area contributed by atoms with Gasteiger partial charge in [0.25, 0.3) is 0 Å². The molecule has 0 aliphatic rings. The molecule has 0 radical (unpaired) electrons. The second kappa shape index (κ2) is 7.51. The van der Waals surface area contributed by atoms with Crippen molar-refractivity contribution in [3.8, 4) is 11.4 Å². The van der Waals surface area contributed by atoms with Crippen LogP contribution < -0.4 is 4.90 Å². The van der Waals surface area contributed by atoms with Crippen molar-refractivity contribution >= 4 is 29.2 Å². The maximum Gasteiger partial charge on any atom is 0.229 e. The normalized spacial score (nSPS) is 10.7. The largest absolute Gasteiger partial charge is 0.395 e. The number of hydrogen-bond acceptors (Lipinski definition) is 6. The van der Waals surface area contributed by atoms with Gasteiger partial charge in [0.1, 0.15) is 6.33 Å². The minimum atomic E-state index is -0.0705. The summed E-state index contributed by atoms with van der Waals surface area (Å²) in [5, 5.41) is 19.1. The van der Waals surface area contributed by atoms with E-state index in [0.717, 1.165) is 0 Å². The Bertz CT molecular complexity index is 606. The van der Waals surface area contributed by atoms with Crippen LogP contribution in [-0.2, 0) is 0 Å². The third-order valence-corrected chi connectivity index (χ3v) is 3.32. The van der Waals surface area contributed by atoms with Crippen LogP contribution >= 0.6 is 23.2 Å². The molecule has 21 heavy (non-hydrogen) atoms. The quantitative estimate of drug-likeness (QED) is 0.838. The van der Waals surface area contributed by atoms with Gasteiger partial charge in [-0.15, -0.1) is 0 Å². The molecule has 2 N–H and O–H groups in total. The summed E-state index contributed by atoms with van der Waals surface area (Å²) in [6.07, 6.45) is 1.36. The highest BCUT2D eigenvalue weighted by Crippen LogP contribution is 2.28. The Labute approximate surface area is 132 Å². The van der Waals surface area contributed by atoms with Gasteiger partial charge in [-0.3, -0.25) is 0 Å². The van der Waals surface area contributed by atoms with Crippen molar-refractivity contribution in [2.45, 2.75) is 0 Å². The molecule has 0 aliphatic heterocycles. The van der Waals surface area contributed by atoms with Gasteiger partial charge in [-0.2, -0.15) is 4.98 Å². The van der Waals surface area contributed by atoms with Gasteiger partial charge < -0.3 is 15.1 Å². The molecule has 0 amide bonds. The summed E-state index contributed by atoms with van der Waals surface area (Å²) < 4.78 is 0. The average molecular weight is 329 g/mol. The molecule has 0 unspecified atom stereocenters. The molecule has 1 aromatic heterocycles. The van der Waals surface area contributed by atoms with Crippen LogP contribution in [0.1, 0.15) is 0 Å². The number of benzene rings is 1. The first-order valence-electron chi connectivity index (χ1n) is 6.27. The number of halogens is 2. The molecule has 0 fully saturated rings. The molecule has 0 atom stereocenters. The fourth-order valence-corrected chi connectivity index (χ4v) is 2.17. The van der Waals surface area contributed by atoms with Gasteiger partial charge in [0.05, 0.1) is 18.2 Å². The van der Waals surface area contributed by atoms with E-state index in [1.54, 1.807) is 23.1 Å². The first-order chi connectivity index (χ1) is 10.2. The van der Waals surface area contributed by atoms with Gasteiger partial charge in [0.2, 0.25) is 5.95 Å². The first-order valence-corrected chi connectivity index (χ1v) is 7.02. The molecule has 0 saturated carbocycles. The molecule has 6 nitrogen and oxygen atoms in total. The number of aliphatic hydroxyl groups excluding tert-OH is 2. The Morgan fingerprint density at radius 3 is 2.43 bits per heavy atom. The monoisotopic (exact) mass is 328 g/mol. The van der Waals surface area contributed by atoms with Crippen LogP contribution in [0.25, 0.3) is 11.4 Å². The number of aromatic nitrogens is 3. The summed E-state index contributed by atoms with van der Waals surface area (Å²) >= 11 is 12.1. The van der Waals surface area contributed by atoms with Crippen molar-refractivity contribution in [1.82, 2.24) is 15.0 Å². The first kappa shape index (κ1) is 15.9. The van der Waals surface area contributed by atoms with Crippen molar-refractivity contribution < 1.29 is 10.2 Å². The molecule has 0 bridgehead atoms. The van der Waals surface area contributed by atoms with Crippen LogP contribution in [0.3, 0.4) is 0 Å². The van der Waals surface area contributed by atoms with Gasteiger partial charge in [0, 0.05) is 23.7 Å². The molecule has 0 aliphatic carbocycles. The number of hydrogen-bond donors (Lipinski definition) is 2. The van der Waals surface area contributed by atoms with E-state index in [4.69, 9.17) is 33.4 Å². The maximum atomic E-state index is 9.06. The van der Waals surface area contributed by atoms with Crippen LogP contribution in [0.4, 0.5) is 5.95 Å². The summed E-state index contributed by atoms with van der Waals surface area (Å²) in [4.78, 5) is 14.1. The molecule has 1 heterocycles. The smallest absolute Gasteiger partial charge is 0.229 e. The second-order valence-electron chi connectivity index (χ2n) is 4.17. The van der Waals surface area contributed by atoms with Crippen molar-refractivity contribution in [3.63, 3.8) is 0 Å². The minimum absolute atomic E-state index is 0.0705. The number of rotatable bonds is 6. The van der Waals surface area contributed by atoms with Crippen molar-refractivity contribution in [2.24, 2.45) is 0 Å². The van der Waals surface area contributed by atoms with E-state index in [2.05, 4.69) is 15.0 Å². The Hall–Kier alpha value is -1.47. The van der Waals surface area contributed by atoms with Crippen LogP contribution in [0, 0.1) is 0 Å². The third kappa shape index (κ3) is 4.01. The standard InChI is InChI=1S/C13H14Cl2N4O2/c14-9-1-2-11(15)10(7-9)12-16-8-17-13(18-12)19(3-5-20)4-6-21/h1-2,7-8,20-21H,3-6H2. The minimum Gasteiger partial charge on any atom is -0.395 e. The van der Waals surface area contributed by atoms with E-state index in [0.29, 0.717) is 40.5 Å². The second-order valence-corrected chi connectivity index (χ2v) is 5.01. The molecular weight excluding hydrogens is 315 g/mol. The summed E-state index contributed by atoms with van der Waals surface area (Å²) in [5.41, 5.74) is 0.598. The fraction of sp³-hybridized carbons (Fsp3) is 0.308. The molecule has 112 valence electrons. The molecular formula is C13H14Cl2N4O2. The Morgan fingerprint density at radius 2 is 1.76 bits per heavy atom. The molecule has 2 rings (SSSR count). The topological polar surface area (TPSA) is 82.4 Å². The lowest BCUT2D eigenvalue weighted by Crippen LogP contribution is -2.31. The van der Waals surface area contributed by atoms with Crippen molar-refractivity contribution in [1.29, 1.82) is 0 Å². The number of aliphatic hydroxyl groups is 2. The molecule has 0 saturated heterocycles. The predicted molar refractivity (Wildman–Crippen MR) is 81.7 cm³/mol. The predicted octanol–water partition coefficient (Wildman–Crippen LogP) is 1.64. The van der Waals surface area contributed by atoms with Crippen LogP contribution in [0.2, 0.25) is 10.0 Å². The van der Waals surface area contributed by atoms with Crippen LogP contribution in [-0.4, -0.2) is 51.5 Å². The maximum absolute atomic E-state index is 9.06. The lowest BCUT2D eigenvalue weighted by molar-refractivity contribution is 0.280. The van der Waals surface area contributed by atoms with Gasteiger partial charge in [-0.25, -0.2) is 9.97 Å².